The molecule has 4 heterocycles. The van der Waals surface area contributed by atoms with Gasteiger partial charge in [-0.3, -0.25) is 10.1 Å². The molecular weight excluding hydrogens is 550 g/mol. The van der Waals surface area contributed by atoms with Gasteiger partial charge in [0.25, 0.3) is 5.91 Å². The van der Waals surface area contributed by atoms with Crippen molar-refractivity contribution in [1.29, 1.82) is 0 Å². The standard InChI is InChI=1S/C35H41N7O2/c1-22-5-12-27(13-6-22)42-32(20-30(40-42)35(2,3)4)39-34(44)38-26-10-7-23(8-11-26)17-24-18-28-14-15-29(19-24)41(28)33(43)25-9-16-31(36)37-21-25/h5-13,16,20-21,24,28-29H,14-15,17-19H2,1-4H3,(H2,36,37)(H2,38,39,44). The Kier molecular flexibility index (Phi) is 7.88. The number of nitrogens with two attached hydrogens (primary N) is 1. The molecule has 2 aromatic heterocycles. The number of piperidine rings is 1. The number of nitrogen functional groups attached to an aromatic ring is 1. The first-order valence-corrected chi connectivity index (χ1v) is 15.4. The van der Waals surface area contributed by atoms with Crippen LogP contribution < -0.4 is 16.4 Å². The topological polar surface area (TPSA) is 118 Å². The summed E-state index contributed by atoms with van der Waals surface area (Å²) < 4.78 is 1.78. The number of carbonyl (C=O) groups is 2. The molecule has 4 aromatic rings. The first-order valence-electron chi connectivity index (χ1n) is 15.4. The Morgan fingerprint density at radius 2 is 1.61 bits per heavy atom. The van der Waals surface area contributed by atoms with Gasteiger partial charge < -0.3 is 16.0 Å². The van der Waals surface area contributed by atoms with Gasteiger partial charge in [0.15, 0.2) is 0 Å². The van der Waals surface area contributed by atoms with Crippen LogP contribution in [-0.2, 0) is 11.8 Å². The van der Waals surface area contributed by atoms with Crippen molar-refractivity contribution in [3.05, 3.63) is 95.3 Å². The molecule has 9 nitrogen and oxygen atoms in total. The van der Waals surface area contributed by atoms with Crippen molar-refractivity contribution >= 4 is 29.3 Å². The zero-order valence-electron chi connectivity index (χ0n) is 25.9. The van der Waals surface area contributed by atoms with Crippen LogP contribution in [0, 0.1) is 12.8 Å². The lowest BCUT2D eigenvalue weighted by Gasteiger charge is -2.39. The van der Waals surface area contributed by atoms with E-state index in [-0.39, 0.29) is 29.4 Å². The molecule has 2 atom stereocenters. The molecular formula is C35H41N7O2. The van der Waals surface area contributed by atoms with Gasteiger partial charge in [-0.25, -0.2) is 14.5 Å². The third-order valence-corrected chi connectivity index (χ3v) is 8.83. The number of hydrogen-bond acceptors (Lipinski definition) is 5. The van der Waals surface area contributed by atoms with Crippen molar-refractivity contribution in [2.45, 2.75) is 77.3 Å². The number of carbonyl (C=O) groups excluding carboxylic acids is 2. The smallest absolute Gasteiger partial charge is 0.324 e. The van der Waals surface area contributed by atoms with E-state index in [4.69, 9.17) is 10.8 Å². The minimum absolute atomic E-state index is 0.0636. The van der Waals surface area contributed by atoms with Crippen LogP contribution in [0.3, 0.4) is 0 Å². The minimum Gasteiger partial charge on any atom is -0.384 e. The highest BCUT2D eigenvalue weighted by Gasteiger charge is 2.43. The maximum atomic E-state index is 13.2. The quantitative estimate of drug-likeness (QED) is 0.230. The van der Waals surface area contributed by atoms with Crippen molar-refractivity contribution in [1.82, 2.24) is 19.7 Å². The summed E-state index contributed by atoms with van der Waals surface area (Å²) in [7, 11) is 0. The molecule has 0 radical (unpaired) electrons. The Hall–Kier alpha value is -4.66. The lowest BCUT2D eigenvalue weighted by Crippen LogP contribution is -2.46. The number of urea groups is 1. The SMILES string of the molecule is Cc1ccc(-n2nc(C(C)(C)C)cc2NC(=O)Nc2ccc(CC3CC4CCC(C3)N4C(=O)c3ccc(N)nc3)cc2)cc1. The van der Waals surface area contributed by atoms with Crippen LogP contribution in [0.25, 0.3) is 5.69 Å². The average Bonchev–Trinajstić information content (AvgIpc) is 3.53. The van der Waals surface area contributed by atoms with Crippen molar-refractivity contribution in [2.75, 3.05) is 16.4 Å². The largest absolute Gasteiger partial charge is 0.384 e. The van der Waals surface area contributed by atoms with Crippen LogP contribution in [0.15, 0.2) is 72.9 Å². The lowest BCUT2D eigenvalue weighted by molar-refractivity contribution is 0.0524. The average molecular weight is 592 g/mol. The molecule has 0 saturated carbocycles. The number of nitrogens with one attached hydrogen (secondary N) is 2. The summed E-state index contributed by atoms with van der Waals surface area (Å²) in [6.07, 6.45) is 6.63. The summed E-state index contributed by atoms with van der Waals surface area (Å²) in [5.41, 5.74) is 11.0. The second kappa shape index (κ2) is 11.8. The summed E-state index contributed by atoms with van der Waals surface area (Å²) >= 11 is 0. The predicted octanol–water partition coefficient (Wildman–Crippen LogP) is 6.73. The van der Waals surface area contributed by atoms with E-state index in [1.807, 2.05) is 49.4 Å². The fourth-order valence-electron chi connectivity index (χ4n) is 6.52. The number of rotatable bonds is 6. The van der Waals surface area contributed by atoms with Gasteiger partial charge in [-0.15, -0.1) is 0 Å². The van der Waals surface area contributed by atoms with Crippen molar-refractivity contribution in [3.63, 3.8) is 0 Å². The van der Waals surface area contributed by atoms with Crippen LogP contribution in [0.1, 0.15) is 73.6 Å². The number of benzene rings is 2. The molecule has 2 fully saturated rings. The van der Waals surface area contributed by atoms with E-state index < -0.39 is 0 Å². The summed E-state index contributed by atoms with van der Waals surface area (Å²) in [5, 5.41) is 10.8. The molecule has 6 rings (SSSR count). The number of hydrogen-bond donors (Lipinski definition) is 3. The molecule has 9 heteroatoms. The van der Waals surface area contributed by atoms with E-state index in [9.17, 15) is 9.59 Å². The van der Waals surface area contributed by atoms with Gasteiger partial charge in [-0.1, -0.05) is 50.6 Å². The summed E-state index contributed by atoms with van der Waals surface area (Å²) in [6.45, 7) is 8.36. The van der Waals surface area contributed by atoms with Crippen molar-refractivity contribution in [2.24, 2.45) is 5.92 Å². The summed E-state index contributed by atoms with van der Waals surface area (Å²) in [5.74, 6) is 1.61. The second-order valence-corrected chi connectivity index (χ2v) is 13.3. The second-order valence-electron chi connectivity index (χ2n) is 13.3. The van der Waals surface area contributed by atoms with Crippen molar-refractivity contribution < 1.29 is 9.59 Å². The van der Waals surface area contributed by atoms with Gasteiger partial charge in [-0.05, 0) is 86.9 Å². The lowest BCUT2D eigenvalue weighted by atomic mass is 9.85. The Morgan fingerprint density at radius 1 is 0.932 bits per heavy atom. The van der Waals surface area contributed by atoms with E-state index >= 15 is 0 Å². The highest BCUT2D eigenvalue weighted by atomic mass is 16.2. The van der Waals surface area contributed by atoms with E-state index in [0.717, 1.165) is 54.7 Å². The third-order valence-electron chi connectivity index (χ3n) is 8.83. The van der Waals surface area contributed by atoms with E-state index in [1.165, 1.54) is 5.56 Å². The normalized spacial score (nSPS) is 19.5. The zero-order chi connectivity index (χ0) is 31.0. The Morgan fingerprint density at radius 3 is 2.23 bits per heavy atom. The predicted molar refractivity (Wildman–Crippen MR) is 174 cm³/mol. The summed E-state index contributed by atoms with van der Waals surface area (Å²) in [6, 6.07) is 21.7. The Balaban J connectivity index is 1.07. The molecule has 4 N–H and O–H groups in total. The van der Waals surface area contributed by atoms with Crippen LogP contribution in [0.4, 0.5) is 22.1 Å². The third kappa shape index (κ3) is 6.32. The minimum atomic E-state index is -0.323. The fraction of sp³-hybridized carbons (Fsp3) is 0.371. The van der Waals surface area contributed by atoms with Gasteiger partial charge in [-0.2, -0.15) is 5.10 Å². The van der Waals surface area contributed by atoms with Crippen LogP contribution in [-0.4, -0.2) is 43.7 Å². The molecule has 0 aliphatic carbocycles. The molecule has 2 aromatic carbocycles. The van der Waals surface area contributed by atoms with E-state index in [0.29, 0.717) is 23.1 Å². The van der Waals surface area contributed by atoms with Crippen LogP contribution in [0.2, 0.25) is 0 Å². The highest BCUT2D eigenvalue weighted by Crippen LogP contribution is 2.41. The van der Waals surface area contributed by atoms with Crippen LogP contribution >= 0.6 is 0 Å². The monoisotopic (exact) mass is 591 g/mol. The number of pyridine rings is 1. The Labute approximate surface area is 258 Å². The number of aromatic nitrogens is 3. The first kappa shape index (κ1) is 29.4. The summed E-state index contributed by atoms with van der Waals surface area (Å²) in [4.78, 5) is 32.5. The number of aryl methyl sites for hydroxylation is 1. The first-order chi connectivity index (χ1) is 21.0. The van der Waals surface area contributed by atoms with Gasteiger partial charge >= 0.3 is 6.03 Å². The van der Waals surface area contributed by atoms with E-state index in [1.54, 1.807) is 23.0 Å². The fourth-order valence-corrected chi connectivity index (χ4v) is 6.52. The molecule has 2 unspecified atom stereocenters. The van der Waals surface area contributed by atoms with E-state index in [2.05, 4.69) is 53.4 Å². The van der Waals surface area contributed by atoms with Gasteiger partial charge in [0.05, 0.1) is 16.9 Å². The number of anilines is 3. The molecule has 3 amide bonds. The number of amides is 3. The molecule has 0 spiro atoms. The number of nitrogens with zero attached hydrogens (tertiary/aromatic N) is 4. The molecule has 2 saturated heterocycles. The van der Waals surface area contributed by atoms with Gasteiger partial charge in [0.2, 0.25) is 0 Å². The maximum absolute atomic E-state index is 13.2. The molecule has 2 aliphatic rings. The highest BCUT2D eigenvalue weighted by molar-refractivity contribution is 5.99. The molecule has 2 bridgehead atoms. The molecule has 228 valence electrons. The molecule has 44 heavy (non-hydrogen) atoms. The van der Waals surface area contributed by atoms with Crippen molar-refractivity contribution in [3.8, 4) is 5.69 Å². The van der Waals surface area contributed by atoms with Gasteiger partial charge in [0, 0.05) is 35.4 Å². The van der Waals surface area contributed by atoms with Gasteiger partial charge in [0.1, 0.15) is 11.6 Å². The maximum Gasteiger partial charge on any atom is 0.324 e. The van der Waals surface area contributed by atoms with Crippen LogP contribution in [0.5, 0.6) is 0 Å². The Bertz CT molecular complexity index is 1620. The molecule has 2 aliphatic heterocycles. The number of fused-ring (bicyclic) bond motifs is 2. The zero-order valence-corrected chi connectivity index (χ0v) is 25.9.